The van der Waals surface area contributed by atoms with Gasteiger partial charge in [-0.1, -0.05) is 0 Å². The Labute approximate surface area is 207 Å². The predicted octanol–water partition coefficient (Wildman–Crippen LogP) is 3.19. The highest BCUT2D eigenvalue weighted by molar-refractivity contribution is 7.89. The molecule has 1 aromatic heterocycles. The van der Waals surface area contributed by atoms with Crippen LogP contribution in [0.1, 0.15) is 30.1 Å². The molecule has 1 saturated heterocycles. The maximum absolute atomic E-state index is 14.3. The summed E-state index contributed by atoms with van der Waals surface area (Å²) in [6.07, 6.45) is 2.26. The minimum Gasteiger partial charge on any atom is -0.343 e. The van der Waals surface area contributed by atoms with Crippen molar-refractivity contribution in [2.45, 2.75) is 24.7 Å². The standard InChI is InChI=1S/C24H25FN6O4S/c1-15(32)31-12-10-17(11-13-31)22(33)16-2-4-18(5-3-16)28-23-21(25)14-27-24(30-23)29-19-6-8-20(9-7-19)36(26,34)35/h2-9,14,17H,10-13H2,1H3,(H2,26,34,35)(H2,27,28,29,30). The van der Waals surface area contributed by atoms with Crippen molar-refractivity contribution in [3.63, 3.8) is 0 Å². The van der Waals surface area contributed by atoms with Crippen LogP contribution in [-0.4, -0.2) is 48.1 Å². The van der Waals surface area contributed by atoms with E-state index in [2.05, 4.69) is 20.6 Å². The first kappa shape index (κ1) is 25.2. The molecular weight excluding hydrogens is 487 g/mol. The number of sulfonamides is 1. The lowest BCUT2D eigenvalue weighted by Crippen LogP contribution is -2.39. The summed E-state index contributed by atoms with van der Waals surface area (Å²) >= 11 is 0. The Balaban J connectivity index is 1.41. The molecule has 2 aromatic carbocycles. The molecule has 0 aliphatic carbocycles. The first-order valence-electron chi connectivity index (χ1n) is 11.2. The van der Waals surface area contributed by atoms with Gasteiger partial charge in [0.05, 0.1) is 11.1 Å². The largest absolute Gasteiger partial charge is 0.343 e. The van der Waals surface area contributed by atoms with Gasteiger partial charge in [0.2, 0.25) is 21.9 Å². The highest BCUT2D eigenvalue weighted by Crippen LogP contribution is 2.25. The third kappa shape index (κ3) is 6.01. The van der Waals surface area contributed by atoms with Crippen LogP contribution in [0.15, 0.2) is 59.6 Å². The highest BCUT2D eigenvalue weighted by atomic mass is 32.2. The second-order valence-corrected chi connectivity index (χ2v) is 9.99. The fourth-order valence-electron chi connectivity index (χ4n) is 3.92. The van der Waals surface area contributed by atoms with Crippen LogP contribution < -0.4 is 15.8 Å². The number of carbonyl (C=O) groups excluding carboxylic acids is 2. The monoisotopic (exact) mass is 512 g/mol. The van der Waals surface area contributed by atoms with Gasteiger partial charge in [-0.2, -0.15) is 4.98 Å². The molecule has 2 heterocycles. The Hall–Kier alpha value is -3.90. The van der Waals surface area contributed by atoms with Crippen molar-refractivity contribution in [1.82, 2.24) is 14.9 Å². The van der Waals surface area contributed by atoms with E-state index in [1.54, 1.807) is 29.2 Å². The van der Waals surface area contributed by atoms with Crippen molar-refractivity contribution in [3.05, 3.63) is 66.1 Å². The number of halogens is 1. The molecule has 12 heteroatoms. The molecule has 0 atom stereocenters. The van der Waals surface area contributed by atoms with Crippen molar-refractivity contribution in [1.29, 1.82) is 0 Å². The van der Waals surface area contributed by atoms with Crippen molar-refractivity contribution in [2.24, 2.45) is 11.1 Å². The molecule has 3 aromatic rings. The molecule has 1 amide bonds. The lowest BCUT2D eigenvalue weighted by Gasteiger charge is -2.30. The fourth-order valence-corrected chi connectivity index (χ4v) is 4.43. The number of nitrogens with zero attached hydrogens (tertiary/aromatic N) is 3. The van der Waals surface area contributed by atoms with Crippen molar-refractivity contribution < 1.29 is 22.4 Å². The normalized spacial score (nSPS) is 14.4. The van der Waals surface area contributed by atoms with Gasteiger partial charge in [-0.25, -0.2) is 22.9 Å². The van der Waals surface area contributed by atoms with Gasteiger partial charge in [-0.05, 0) is 61.4 Å². The number of nitrogens with one attached hydrogen (secondary N) is 2. The average molecular weight is 513 g/mol. The quantitative estimate of drug-likeness (QED) is 0.409. The van der Waals surface area contributed by atoms with Gasteiger partial charge in [0.25, 0.3) is 0 Å². The number of rotatable bonds is 7. The summed E-state index contributed by atoms with van der Waals surface area (Å²) in [5, 5.41) is 10.8. The lowest BCUT2D eigenvalue weighted by atomic mass is 9.89. The molecule has 1 fully saturated rings. The van der Waals surface area contributed by atoms with Crippen molar-refractivity contribution in [2.75, 3.05) is 23.7 Å². The Morgan fingerprint density at radius 2 is 1.58 bits per heavy atom. The number of likely N-dealkylation sites (tertiary alicyclic amines) is 1. The van der Waals surface area contributed by atoms with E-state index in [-0.39, 0.29) is 34.3 Å². The number of anilines is 4. The number of nitrogens with two attached hydrogens (primary N) is 1. The lowest BCUT2D eigenvalue weighted by molar-refractivity contribution is -0.130. The summed E-state index contributed by atoms with van der Waals surface area (Å²) in [6, 6.07) is 12.3. The Kier molecular flexibility index (Phi) is 7.27. The molecule has 1 aliphatic rings. The summed E-state index contributed by atoms with van der Waals surface area (Å²) in [6.45, 7) is 2.68. The number of hydrogen-bond donors (Lipinski definition) is 3. The Morgan fingerprint density at radius 3 is 2.17 bits per heavy atom. The van der Waals surface area contributed by atoms with Crippen LogP contribution in [0, 0.1) is 11.7 Å². The highest BCUT2D eigenvalue weighted by Gasteiger charge is 2.26. The van der Waals surface area contributed by atoms with Gasteiger partial charge in [-0.3, -0.25) is 9.59 Å². The minimum atomic E-state index is -3.81. The van der Waals surface area contributed by atoms with Crippen LogP contribution >= 0.6 is 0 Å². The van der Waals surface area contributed by atoms with Crippen LogP contribution in [0.2, 0.25) is 0 Å². The van der Waals surface area contributed by atoms with Crippen LogP contribution in [0.4, 0.5) is 27.5 Å². The zero-order valence-electron chi connectivity index (χ0n) is 19.4. The van der Waals surface area contributed by atoms with E-state index in [4.69, 9.17) is 5.14 Å². The summed E-state index contributed by atoms with van der Waals surface area (Å²) in [7, 11) is -3.81. The smallest absolute Gasteiger partial charge is 0.238 e. The fraction of sp³-hybridized carbons (Fsp3) is 0.250. The molecular formula is C24H25FN6O4S. The van der Waals surface area contributed by atoms with Crippen LogP contribution in [0.25, 0.3) is 0 Å². The van der Waals surface area contributed by atoms with Crippen LogP contribution in [-0.2, 0) is 14.8 Å². The SMILES string of the molecule is CC(=O)N1CCC(C(=O)c2ccc(Nc3nc(Nc4ccc(S(N)(=O)=O)cc4)ncc3F)cc2)CC1. The number of carbonyl (C=O) groups is 2. The number of piperidine rings is 1. The zero-order valence-corrected chi connectivity index (χ0v) is 20.3. The maximum Gasteiger partial charge on any atom is 0.238 e. The number of aromatic nitrogens is 2. The average Bonchev–Trinajstić information content (AvgIpc) is 2.86. The molecule has 0 bridgehead atoms. The third-order valence-corrected chi connectivity index (χ3v) is 6.86. The van der Waals surface area contributed by atoms with Gasteiger partial charge in [0.15, 0.2) is 17.4 Å². The van der Waals surface area contributed by atoms with E-state index >= 15 is 0 Å². The first-order chi connectivity index (χ1) is 17.1. The molecule has 4 rings (SSSR count). The molecule has 36 heavy (non-hydrogen) atoms. The molecule has 188 valence electrons. The third-order valence-electron chi connectivity index (χ3n) is 5.93. The summed E-state index contributed by atoms with van der Waals surface area (Å²) < 4.78 is 37.1. The second-order valence-electron chi connectivity index (χ2n) is 8.43. The van der Waals surface area contributed by atoms with E-state index in [0.29, 0.717) is 42.9 Å². The van der Waals surface area contributed by atoms with E-state index in [9.17, 15) is 22.4 Å². The van der Waals surface area contributed by atoms with E-state index < -0.39 is 15.8 Å². The number of benzene rings is 2. The number of primary sulfonamides is 1. The van der Waals surface area contributed by atoms with Gasteiger partial charge in [-0.15, -0.1) is 0 Å². The van der Waals surface area contributed by atoms with E-state index in [1.165, 1.54) is 31.2 Å². The van der Waals surface area contributed by atoms with E-state index in [1.807, 2.05) is 0 Å². The summed E-state index contributed by atoms with van der Waals surface area (Å²) in [5.74, 6) is -0.756. The van der Waals surface area contributed by atoms with Gasteiger partial charge in [0.1, 0.15) is 0 Å². The predicted molar refractivity (Wildman–Crippen MR) is 132 cm³/mol. The Bertz CT molecular complexity index is 1370. The number of Topliss-reactive ketones (excluding diaryl/α,β-unsaturated/α-hetero) is 1. The molecule has 0 radical (unpaired) electrons. The number of amides is 1. The van der Waals surface area contributed by atoms with Crippen molar-refractivity contribution >= 4 is 44.9 Å². The molecule has 0 spiro atoms. The van der Waals surface area contributed by atoms with Gasteiger partial charge in [0, 0.05) is 42.9 Å². The first-order valence-corrected chi connectivity index (χ1v) is 12.7. The van der Waals surface area contributed by atoms with Crippen LogP contribution in [0.3, 0.4) is 0 Å². The number of ketones is 1. The second kappa shape index (κ2) is 10.4. The minimum absolute atomic E-state index is 0.0200. The molecule has 4 N–H and O–H groups in total. The zero-order chi connectivity index (χ0) is 25.9. The van der Waals surface area contributed by atoms with Gasteiger partial charge < -0.3 is 15.5 Å². The summed E-state index contributed by atoms with van der Waals surface area (Å²) in [5.41, 5.74) is 1.56. The summed E-state index contributed by atoms with van der Waals surface area (Å²) in [4.78, 5) is 34.1. The van der Waals surface area contributed by atoms with Crippen molar-refractivity contribution in [3.8, 4) is 0 Å². The van der Waals surface area contributed by atoms with E-state index in [0.717, 1.165) is 6.20 Å². The number of hydrogen-bond acceptors (Lipinski definition) is 8. The van der Waals surface area contributed by atoms with Gasteiger partial charge >= 0.3 is 0 Å². The molecule has 10 nitrogen and oxygen atoms in total. The topological polar surface area (TPSA) is 147 Å². The maximum atomic E-state index is 14.3. The van der Waals surface area contributed by atoms with Crippen LogP contribution in [0.5, 0.6) is 0 Å². The molecule has 0 saturated carbocycles. The molecule has 1 aliphatic heterocycles. The molecule has 0 unspecified atom stereocenters. The Morgan fingerprint density at radius 1 is 1.00 bits per heavy atom.